The number of hydroxylamine groups is 1. The molecule has 0 bridgehead atoms. The highest BCUT2D eigenvalue weighted by Crippen LogP contribution is 2.21. The first-order valence-corrected chi connectivity index (χ1v) is 13.8. The van der Waals surface area contributed by atoms with E-state index in [4.69, 9.17) is 16.4 Å². The minimum atomic E-state index is -0.660. The lowest BCUT2D eigenvalue weighted by Gasteiger charge is -2.34. The van der Waals surface area contributed by atoms with Gasteiger partial charge in [-0.25, -0.2) is 14.8 Å². The number of hydrazine groups is 1. The number of halogens is 2. The number of rotatable bonds is 12. The van der Waals surface area contributed by atoms with Crippen LogP contribution in [-0.4, -0.2) is 71.4 Å². The van der Waals surface area contributed by atoms with Gasteiger partial charge in [-0.05, 0) is 36.4 Å². The first-order chi connectivity index (χ1) is 19.8. The van der Waals surface area contributed by atoms with Gasteiger partial charge in [0.1, 0.15) is 5.82 Å². The summed E-state index contributed by atoms with van der Waals surface area (Å²) in [7, 11) is 0. The van der Waals surface area contributed by atoms with E-state index >= 15 is 0 Å². The van der Waals surface area contributed by atoms with Crippen molar-refractivity contribution in [3.8, 4) is 0 Å². The largest absolute Gasteiger partial charge is 0.340 e. The Morgan fingerprint density at radius 2 is 2.05 bits per heavy atom. The van der Waals surface area contributed by atoms with Gasteiger partial charge >= 0.3 is 0 Å². The second-order valence-electron chi connectivity index (χ2n) is 9.94. The van der Waals surface area contributed by atoms with Crippen LogP contribution in [0.5, 0.6) is 0 Å². The van der Waals surface area contributed by atoms with Crippen molar-refractivity contribution in [2.75, 3.05) is 31.3 Å². The van der Waals surface area contributed by atoms with E-state index in [0.717, 1.165) is 15.8 Å². The molecule has 4 rings (SSSR count). The van der Waals surface area contributed by atoms with Crippen LogP contribution in [0.15, 0.2) is 54.7 Å². The summed E-state index contributed by atoms with van der Waals surface area (Å²) in [6.07, 6.45) is 2.54. The summed E-state index contributed by atoms with van der Waals surface area (Å²) >= 11 is 6.12. The number of carbonyl (C=O) groups excluding carboxylic acids is 3. The Balaban J connectivity index is 1.51. The molecule has 2 N–H and O–H groups in total. The molecule has 0 aliphatic carbocycles. The van der Waals surface area contributed by atoms with Crippen LogP contribution in [0.3, 0.4) is 0 Å². The number of piperazine rings is 1. The predicted octanol–water partition coefficient (Wildman–Crippen LogP) is 3.44. The molecule has 218 valence electrons. The highest BCUT2D eigenvalue weighted by molar-refractivity contribution is 6.31. The lowest BCUT2D eigenvalue weighted by atomic mass is 10.1. The number of nitrogens with one attached hydrogen (secondary N) is 2. The number of anilines is 1. The fourth-order valence-corrected chi connectivity index (χ4v) is 4.95. The zero-order chi connectivity index (χ0) is 29.4. The van der Waals surface area contributed by atoms with Crippen LogP contribution in [0, 0.1) is 5.82 Å². The van der Waals surface area contributed by atoms with Gasteiger partial charge in [0, 0.05) is 57.1 Å². The van der Waals surface area contributed by atoms with Gasteiger partial charge in [0.25, 0.3) is 0 Å². The summed E-state index contributed by atoms with van der Waals surface area (Å²) in [5.41, 5.74) is 3.47. The Morgan fingerprint density at radius 1 is 1.27 bits per heavy atom. The molecule has 2 aromatic carbocycles. The fraction of sp³-hybridized carbons (Fsp3) is 0.379. The average molecular weight is 585 g/mol. The summed E-state index contributed by atoms with van der Waals surface area (Å²) in [6, 6.07) is 13.3. The third kappa shape index (κ3) is 7.98. The van der Waals surface area contributed by atoms with Gasteiger partial charge in [0.15, 0.2) is 5.82 Å². The van der Waals surface area contributed by atoms with Gasteiger partial charge in [0.2, 0.25) is 18.2 Å². The van der Waals surface area contributed by atoms with Crippen LogP contribution in [-0.2, 0) is 25.8 Å². The van der Waals surface area contributed by atoms with Crippen molar-refractivity contribution < 1.29 is 23.6 Å². The molecule has 2 atom stereocenters. The van der Waals surface area contributed by atoms with Gasteiger partial charge in [-0.1, -0.05) is 48.0 Å². The van der Waals surface area contributed by atoms with Gasteiger partial charge in [0.05, 0.1) is 17.7 Å². The Labute approximate surface area is 243 Å². The molecule has 41 heavy (non-hydrogen) atoms. The molecule has 3 amide bonds. The molecule has 2 heterocycles. The average Bonchev–Trinajstić information content (AvgIpc) is 2.97. The van der Waals surface area contributed by atoms with Gasteiger partial charge in [-0.15, -0.1) is 0 Å². The summed E-state index contributed by atoms with van der Waals surface area (Å²) in [6.45, 7) is 5.23. The van der Waals surface area contributed by atoms with E-state index in [1.807, 2.05) is 31.2 Å². The number of amides is 3. The molecule has 0 spiro atoms. The number of benzene rings is 2. The van der Waals surface area contributed by atoms with Crippen LogP contribution in [0.4, 0.5) is 10.2 Å². The second-order valence-corrected chi connectivity index (χ2v) is 10.3. The smallest absolute Gasteiger partial charge is 0.239 e. The maximum absolute atomic E-state index is 14.0. The Hall–Kier alpha value is -3.64. The van der Waals surface area contributed by atoms with Gasteiger partial charge < -0.3 is 10.2 Å². The van der Waals surface area contributed by atoms with E-state index in [-0.39, 0.29) is 54.7 Å². The third-order valence-corrected chi connectivity index (χ3v) is 7.36. The Kier molecular flexibility index (Phi) is 10.6. The molecule has 1 aliphatic rings. The highest BCUT2D eigenvalue weighted by atomic mass is 35.5. The first kappa shape index (κ1) is 30.3. The maximum atomic E-state index is 14.0. The Morgan fingerprint density at radius 3 is 2.78 bits per heavy atom. The topological polar surface area (TPSA) is 107 Å². The van der Waals surface area contributed by atoms with Crippen LogP contribution < -0.4 is 15.8 Å². The lowest BCUT2D eigenvalue weighted by Crippen LogP contribution is -2.53. The monoisotopic (exact) mass is 584 g/mol. The van der Waals surface area contributed by atoms with Crippen molar-refractivity contribution in [3.05, 3.63) is 71.1 Å². The van der Waals surface area contributed by atoms with Crippen LogP contribution in [0.1, 0.15) is 32.3 Å². The van der Waals surface area contributed by atoms with Crippen molar-refractivity contribution in [3.63, 3.8) is 0 Å². The van der Waals surface area contributed by atoms with Crippen molar-refractivity contribution in [2.24, 2.45) is 0 Å². The van der Waals surface area contributed by atoms with E-state index in [9.17, 15) is 18.8 Å². The molecular weight excluding hydrogens is 551 g/mol. The van der Waals surface area contributed by atoms with Gasteiger partial charge in [-0.2, -0.15) is 5.06 Å². The molecule has 1 fully saturated rings. The lowest BCUT2D eigenvalue weighted by molar-refractivity contribution is -0.140. The van der Waals surface area contributed by atoms with Crippen molar-refractivity contribution in [1.29, 1.82) is 0 Å². The minimum Gasteiger partial charge on any atom is -0.340 e. The van der Waals surface area contributed by atoms with Crippen molar-refractivity contribution in [1.82, 2.24) is 25.6 Å². The molecule has 1 aromatic heterocycles. The minimum absolute atomic E-state index is 0.0385. The molecule has 0 radical (unpaired) electrons. The van der Waals surface area contributed by atoms with E-state index in [0.29, 0.717) is 31.6 Å². The quantitative estimate of drug-likeness (QED) is 0.248. The number of carbonyl (C=O) groups is 3. The molecule has 10 nitrogen and oxygen atoms in total. The van der Waals surface area contributed by atoms with E-state index in [1.165, 1.54) is 24.1 Å². The second kappa shape index (κ2) is 14.3. The molecular formula is C29H34ClFN6O4. The van der Waals surface area contributed by atoms with E-state index < -0.39 is 11.9 Å². The van der Waals surface area contributed by atoms with Crippen LogP contribution in [0.2, 0.25) is 5.02 Å². The summed E-state index contributed by atoms with van der Waals surface area (Å²) in [5, 5.41) is 7.39. The third-order valence-electron chi connectivity index (χ3n) is 6.93. The number of aromatic nitrogens is 1. The SMILES string of the molecule is CC(=O)N(NCc1cccc(F)c1Cl)[C@@H](CCC(=O)N1CCN[C@H](C)C1)CON(C=O)c1cc2ccccc2cn1. The standard InChI is InChI=1S/C29H34ClFN6O4/c1-20-17-35(13-12-32-20)28(40)11-10-25(37(21(2)39)34-16-24-8-5-9-26(31)29(24)30)18-41-36(19-38)27-14-22-6-3-4-7-23(22)15-33-27/h3-9,14-15,19-20,25,32,34H,10-13,16-18H2,1-2H3/t20-,25+/m1/s1. The first-order valence-electron chi connectivity index (χ1n) is 13.5. The van der Waals surface area contributed by atoms with E-state index in [2.05, 4.69) is 15.7 Å². The Bertz CT molecular complexity index is 1380. The maximum Gasteiger partial charge on any atom is 0.239 e. The zero-order valence-corrected chi connectivity index (χ0v) is 23.8. The van der Waals surface area contributed by atoms with Crippen LogP contribution in [0.25, 0.3) is 10.8 Å². The predicted molar refractivity (Wildman–Crippen MR) is 154 cm³/mol. The number of fused-ring (bicyclic) bond motifs is 1. The van der Waals surface area contributed by atoms with Gasteiger partial charge in [-0.3, -0.25) is 24.2 Å². The molecule has 3 aromatic rings. The molecule has 0 saturated carbocycles. The highest BCUT2D eigenvalue weighted by Gasteiger charge is 2.27. The molecule has 0 unspecified atom stereocenters. The van der Waals surface area contributed by atoms with Crippen molar-refractivity contribution >= 4 is 46.4 Å². The molecule has 12 heteroatoms. The zero-order valence-electron chi connectivity index (χ0n) is 23.1. The number of pyridine rings is 1. The molecule has 1 aliphatic heterocycles. The molecule has 1 saturated heterocycles. The summed E-state index contributed by atoms with van der Waals surface area (Å²) < 4.78 is 14.0. The van der Waals surface area contributed by atoms with E-state index in [1.54, 1.807) is 23.2 Å². The fourth-order valence-electron chi connectivity index (χ4n) is 4.76. The number of hydrogen-bond acceptors (Lipinski definition) is 7. The number of hydrogen-bond donors (Lipinski definition) is 2. The number of nitrogens with zero attached hydrogens (tertiary/aromatic N) is 4. The van der Waals surface area contributed by atoms with Crippen molar-refractivity contribution in [2.45, 2.75) is 45.3 Å². The summed E-state index contributed by atoms with van der Waals surface area (Å²) in [4.78, 5) is 49.8. The van der Waals surface area contributed by atoms with Crippen LogP contribution >= 0.6 is 11.6 Å². The normalized spacial score (nSPS) is 15.9. The summed E-state index contributed by atoms with van der Waals surface area (Å²) in [5.74, 6) is -0.683.